The van der Waals surface area contributed by atoms with Gasteiger partial charge in [0.1, 0.15) is 5.75 Å². The highest BCUT2D eigenvalue weighted by molar-refractivity contribution is 5.66. The van der Waals surface area contributed by atoms with E-state index in [0.717, 1.165) is 47.5 Å². The average Bonchev–Trinajstić information content (AvgIpc) is 2.76. The standard InChI is InChI=1S/C28H34O2/c1-30-27-11-10-20(6-5-9-25(19-29)24-7-3-2-4-8-24)15-26(27)28-16-21-12-22(17-28)14-23(13-21)18-28/h2-4,7-11,15,21-23,29H,5-6,12-14,16-19H2,1H3. The smallest absolute Gasteiger partial charge is 0.122 e. The Morgan fingerprint density at radius 1 is 1.00 bits per heavy atom. The second kappa shape index (κ2) is 8.23. The Bertz CT molecular complexity index is 876. The van der Waals surface area contributed by atoms with Gasteiger partial charge in [-0.2, -0.15) is 0 Å². The maximum atomic E-state index is 9.80. The van der Waals surface area contributed by atoms with Gasteiger partial charge in [0.25, 0.3) is 0 Å². The van der Waals surface area contributed by atoms with Crippen LogP contribution in [0.15, 0.2) is 54.6 Å². The van der Waals surface area contributed by atoms with Crippen LogP contribution in [-0.4, -0.2) is 18.8 Å². The molecule has 158 valence electrons. The molecular formula is C28H34O2. The topological polar surface area (TPSA) is 29.5 Å². The quantitative estimate of drug-likeness (QED) is 0.600. The zero-order valence-electron chi connectivity index (χ0n) is 18.1. The summed E-state index contributed by atoms with van der Waals surface area (Å²) in [5.74, 6) is 3.90. The van der Waals surface area contributed by atoms with E-state index in [1.54, 1.807) is 0 Å². The SMILES string of the molecule is COc1ccc(CCC=C(CO)c2ccccc2)cc1C12CC3CC(CC(C3)C1)C2. The van der Waals surface area contributed by atoms with Crippen LogP contribution in [0.4, 0.5) is 0 Å². The van der Waals surface area contributed by atoms with Crippen molar-refractivity contribution in [2.45, 2.75) is 56.8 Å². The number of benzene rings is 2. The maximum absolute atomic E-state index is 9.80. The molecule has 4 aliphatic rings. The van der Waals surface area contributed by atoms with E-state index in [2.05, 4.69) is 36.4 Å². The Morgan fingerprint density at radius 3 is 2.27 bits per heavy atom. The van der Waals surface area contributed by atoms with E-state index in [9.17, 15) is 5.11 Å². The highest BCUT2D eigenvalue weighted by Gasteiger charge is 2.52. The van der Waals surface area contributed by atoms with Gasteiger partial charge in [0.2, 0.25) is 0 Å². The third kappa shape index (κ3) is 3.71. The molecule has 0 spiro atoms. The highest BCUT2D eigenvalue weighted by atomic mass is 16.5. The molecule has 0 atom stereocenters. The molecule has 2 heteroatoms. The number of hydrogen-bond acceptors (Lipinski definition) is 2. The van der Waals surface area contributed by atoms with Crippen LogP contribution in [0.1, 0.15) is 61.6 Å². The number of aliphatic hydroxyl groups is 1. The molecule has 4 aliphatic carbocycles. The molecule has 0 aromatic heterocycles. The molecule has 0 saturated heterocycles. The minimum absolute atomic E-state index is 0.0884. The van der Waals surface area contributed by atoms with E-state index < -0.39 is 0 Å². The Labute approximate surface area is 181 Å². The van der Waals surface area contributed by atoms with Crippen molar-refractivity contribution in [2.24, 2.45) is 17.8 Å². The molecule has 0 radical (unpaired) electrons. The van der Waals surface area contributed by atoms with Gasteiger partial charge in [-0.15, -0.1) is 0 Å². The molecule has 0 heterocycles. The first-order chi connectivity index (χ1) is 14.7. The first-order valence-corrected chi connectivity index (χ1v) is 11.7. The van der Waals surface area contributed by atoms with Crippen molar-refractivity contribution < 1.29 is 9.84 Å². The van der Waals surface area contributed by atoms with Gasteiger partial charge in [-0.05, 0) is 97.3 Å². The Hall–Kier alpha value is -2.06. The summed E-state index contributed by atoms with van der Waals surface area (Å²) >= 11 is 0. The second-order valence-electron chi connectivity index (χ2n) is 10.0. The van der Waals surface area contributed by atoms with Crippen molar-refractivity contribution in [3.63, 3.8) is 0 Å². The molecule has 0 aliphatic heterocycles. The van der Waals surface area contributed by atoms with Gasteiger partial charge >= 0.3 is 0 Å². The number of rotatable bonds is 7. The average molecular weight is 403 g/mol. The van der Waals surface area contributed by atoms with Gasteiger partial charge in [-0.25, -0.2) is 0 Å². The monoisotopic (exact) mass is 402 g/mol. The van der Waals surface area contributed by atoms with Gasteiger partial charge in [0.05, 0.1) is 13.7 Å². The lowest BCUT2D eigenvalue weighted by molar-refractivity contribution is -0.00618. The predicted octanol–water partition coefficient (Wildman–Crippen LogP) is 6.17. The van der Waals surface area contributed by atoms with Crippen LogP contribution in [0.5, 0.6) is 5.75 Å². The van der Waals surface area contributed by atoms with E-state index in [-0.39, 0.29) is 6.61 Å². The molecule has 4 bridgehead atoms. The van der Waals surface area contributed by atoms with E-state index >= 15 is 0 Å². The molecule has 30 heavy (non-hydrogen) atoms. The van der Waals surface area contributed by atoms with Gasteiger partial charge in [0.15, 0.2) is 0 Å². The fraction of sp³-hybridized carbons (Fsp3) is 0.500. The largest absolute Gasteiger partial charge is 0.496 e. The molecular weight excluding hydrogens is 368 g/mol. The summed E-state index contributed by atoms with van der Waals surface area (Å²) in [6, 6.07) is 17.1. The summed E-state index contributed by atoms with van der Waals surface area (Å²) < 4.78 is 5.86. The number of hydrogen-bond donors (Lipinski definition) is 1. The maximum Gasteiger partial charge on any atom is 0.122 e. The molecule has 2 nitrogen and oxygen atoms in total. The summed E-state index contributed by atoms with van der Waals surface area (Å²) in [7, 11) is 1.83. The van der Waals surface area contributed by atoms with Crippen molar-refractivity contribution >= 4 is 5.57 Å². The number of ether oxygens (including phenoxy) is 1. The van der Waals surface area contributed by atoms with Crippen molar-refractivity contribution in [2.75, 3.05) is 13.7 Å². The minimum Gasteiger partial charge on any atom is -0.496 e. The molecule has 4 saturated carbocycles. The van der Waals surface area contributed by atoms with Crippen LogP contribution in [0, 0.1) is 17.8 Å². The Balaban J connectivity index is 1.37. The molecule has 1 N–H and O–H groups in total. The first kappa shape index (κ1) is 19.9. The third-order valence-corrected chi connectivity index (χ3v) is 8.01. The van der Waals surface area contributed by atoms with Gasteiger partial charge < -0.3 is 9.84 Å². The summed E-state index contributed by atoms with van der Waals surface area (Å²) in [5.41, 5.74) is 5.36. The Kier molecular flexibility index (Phi) is 5.45. The van der Waals surface area contributed by atoms with Crippen molar-refractivity contribution in [3.05, 3.63) is 71.3 Å². The third-order valence-electron chi connectivity index (χ3n) is 8.01. The van der Waals surface area contributed by atoms with Crippen molar-refractivity contribution in [3.8, 4) is 5.75 Å². The van der Waals surface area contributed by atoms with E-state index in [0.29, 0.717) is 5.41 Å². The summed E-state index contributed by atoms with van der Waals surface area (Å²) in [6.45, 7) is 0.0884. The van der Waals surface area contributed by atoms with Crippen molar-refractivity contribution in [1.82, 2.24) is 0 Å². The van der Waals surface area contributed by atoms with Crippen LogP contribution in [0.2, 0.25) is 0 Å². The van der Waals surface area contributed by atoms with Crippen LogP contribution in [-0.2, 0) is 11.8 Å². The Morgan fingerprint density at radius 2 is 1.67 bits per heavy atom. The molecule has 2 aromatic carbocycles. The minimum atomic E-state index is 0.0884. The number of aliphatic hydroxyl groups excluding tert-OH is 1. The van der Waals surface area contributed by atoms with Crippen LogP contribution >= 0.6 is 0 Å². The summed E-state index contributed by atoms with van der Waals surface area (Å²) in [5, 5.41) is 9.80. The number of methoxy groups -OCH3 is 1. The molecule has 4 fully saturated rings. The normalized spacial score (nSPS) is 29.9. The van der Waals surface area contributed by atoms with Crippen LogP contribution < -0.4 is 4.74 Å². The number of allylic oxidation sites excluding steroid dienone is 1. The second-order valence-corrected chi connectivity index (χ2v) is 10.0. The van der Waals surface area contributed by atoms with E-state index in [1.807, 2.05) is 25.3 Å². The molecule has 6 rings (SSSR count). The molecule has 0 amide bonds. The molecule has 0 unspecified atom stereocenters. The van der Waals surface area contributed by atoms with Crippen LogP contribution in [0.3, 0.4) is 0 Å². The van der Waals surface area contributed by atoms with Gasteiger partial charge in [-0.1, -0.05) is 48.5 Å². The van der Waals surface area contributed by atoms with E-state index in [1.165, 1.54) is 49.7 Å². The van der Waals surface area contributed by atoms with E-state index in [4.69, 9.17) is 4.74 Å². The van der Waals surface area contributed by atoms with Gasteiger partial charge in [0, 0.05) is 5.56 Å². The number of aryl methyl sites for hydroxylation is 1. The van der Waals surface area contributed by atoms with Gasteiger partial charge in [-0.3, -0.25) is 0 Å². The molecule has 2 aromatic rings. The fourth-order valence-electron chi connectivity index (χ4n) is 7.10. The zero-order valence-corrected chi connectivity index (χ0v) is 18.1. The lowest BCUT2D eigenvalue weighted by atomic mass is 9.48. The predicted molar refractivity (Wildman–Crippen MR) is 123 cm³/mol. The summed E-state index contributed by atoms with van der Waals surface area (Å²) in [4.78, 5) is 0. The fourth-order valence-corrected chi connectivity index (χ4v) is 7.10. The lowest BCUT2D eigenvalue weighted by Gasteiger charge is -2.57. The highest BCUT2D eigenvalue weighted by Crippen LogP contribution is 2.61. The van der Waals surface area contributed by atoms with Crippen molar-refractivity contribution in [1.29, 1.82) is 0 Å². The lowest BCUT2D eigenvalue weighted by Crippen LogP contribution is -2.48. The first-order valence-electron chi connectivity index (χ1n) is 11.7. The zero-order chi connectivity index (χ0) is 20.6. The van der Waals surface area contributed by atoms with Crippen LogP contribution in [0.25, 0.3) is 5.57 Å². The summed E-state index contributed by atoms with van der Waals surface area (Å²) in [6.07, 6.45) is 12.6.